The lowest BCUT2D eigenvalue weighted by Crippen LogP contribution is -2.07. The van der Waals surface area contributed by atoms with Crippen LogP contribution in [0.4, 0.5) is 0 Å². The summed E-state index contributed by atoms with van der Waals surface area (Å²) in [6.07, 6.45) is 2.34. The molecule has 6 heteroatoms. The summed E-state index contributed by atoms with van der Waals surface area (Å²) in [7, 11) is 0. The fourth-order valence-corrected chi connectivity index (χ4v) is 1.60. The van der Waals surface area contributed by atoms with Gasteiger partial charge in [0.15, 0.2) is 0 Å². The van der Waals surface area contributed by atoms with Gasteiger partial charge in [-0.15, -0.1) is 10.2 Å². The molecule has 1 heterocycles. The van der Waals surface area contributed by atoms with Crippen molar-refractivity contribution >= 4 is 5.97 Å². The van der Waals surface area contributed by atoms with Gasteiger partial charge >= 0.3 is 5.97 Å². The number of H-pyrrole nitrogens is 1. The molecule has 1 N–H and O–H groups in total. The van der Waals surface area contributed by atoms with Crippen LogP contribution in [0.25, 0.3) is 11.4 Å². The number of nitrogens with one attached hydrogen (secondary N) is 1. The van der Waals surface area contributed by atoms with E-state index < -0.39 is 0 Å². The number of aromatic nitrogens is 4. The van der Waals surface area contributed by atoms with Crippen molar-refractivity contribution in [1.82, 2.24) is 20.6 Å². The van der Waals surface area contributed by atoms with Crippen molar-refractivity contribution in [2.24, 2.45) is 5.92 Å². The van der Waals surface area contributed by atoms with Gasteiger partial charge < -0.3 is 4.74 Å². The molecule has 0 bridgehead atoms. The molecule has 0 atom stereocenters. The van der Waals surface area contributed by atoms with E-state index in [1.165, 1.54) is 12.8 Å². The summed E-state index contributed by atoms with van der Waals surface area (Å²) in [4.78, 5) is 11.7. The van der Waals surface area contributed by atoms with Gasteiger partial charge in [-0.05, 0) is 36.1 Å². The van der Waals surface area contributed by atoms with Gasteiger partial charge in [0.05, 0.1) is 12.2 Å². The van der Waals surface area contributed by atoms with Crippen LogP contribution in [0.5, 0.6) is 0 Å². The number of rotatable bonds is 4. The van der Waals surface area contributed by atoms with Gasteiger partial charge in [0.25, 0.3) is 0 Å². The number of ether oxygens (including phenoxy) is 1. The first kappa shape index (κ1) is 10.9. The van der Waals surface area contributed by atoms with Gasteiger partial charge in [-0.25, -0.2) is 4.79 Å². The summed E-state index contributed by atoms with van der Waals surface area (Å²) in [5, 5.41) is 13.6. The zero-order valence-electron chi connectivity index (χ0n) is 9.67. The molecule has 0 saturated heterocycles. The Balaban J connectivity index is 1.68. The molecular formula is C12H12N4O2. The van der Waals surface area contributed by atoms with Crippen LogP contribution in [-0.4, -0.2) is 33.2 Å². The van der Waals surface area contributed by atoms with Crippen LogP contribution in [0.1, 0.15) is 23.2 Å². The Labute approximate surface area is 103 Å². The summed E-state index contributed by atoms with van der Waals surface area (Å²) in [6.45, 7) is 0.533. The maximum Gasteiger partial charge on any atom is 0.338 e. The van der Waals surface area contributed by atoms with Crippen LogP contribution in [-0.2, 0) is 4.74 Å². The predicted molar refractivity (Wildman–Crippen MR) is 62.6 cm³/mol. The molecule has 0 radical (unpaired) electrons. The van der Waals surface area contributed by atoms with Crippen LogP contribution in [0.15, 0.2) is 24.3 Å². The van der Waals surface area contributed by atoms with Gasteiger partial charge in [0.2, 0.25) is 5.82 Å². The second-order valence-corrected chi connectivity index (χ2v) is 4.35. The molecule has 3 rings (SSSR count). The molecule has 2 aromatic rings. The van der Waals surface area contributed by atoms with Crippen molar-refractivity contribution in [1.29, 1.82) is 0 Å². The number of carbonyl (C=O) groups excluding carboxylic acids is 1. The Kier molecular flexibility index (Phi) is 2.76. The van der Waals surface area contributed by atoms with E-state index in [2.05, 4.69) is 20.6 Å². The van der Waals surface area contributed by atoms with E-state index >= 15 is 0 Å². The third-order valence-corrected chi connectivity index (χ3v) is 2.87. The summed E-state index contributed by atoms with van der Waals surface area (Å²) in [6, 6.07) is 6.97. The average Bonchev–Trinajstić information content (AvgIpc) is 3.08. The number of tetrazole rings is 1. The number of benzene rings is 1. The van der Waals surface area contributed by atoms with Gasteiger partial charge in [-0.2, -0.15) is 5.21 Å². The predicted octanol–water partition coefficient (Wildman–Crippen LogP) is 1.43. The zero-order valence-corrected chi connectivity index (χ0v) is 9.67. The number of aromatic amines is 1. The third kappa shape index (κ3) is 2.37. The van der Waals surface area contributed by atoms with Crippen molar-refractivity contribution in [2.45, 2.75) is 12.8 Å². The van der Waals surface area contributed by atoms with Gasteiger partial charge in [-0.1, -0.05) is 12.1 Å². The largest absolute Gasteiger partial charge is 0.462 e. The first-order valence-corrected chi connectivity index (χ1v) is 5.84. The van der Waals surface area contributed by atoms with E-state index in [1.807, 2.05) is 0 Å². The minimum absolute atomic E-state index is 0.276. The Bertz CT molecular complexity index is 532. The molecule has 0 spiro atoms. The molecule has 1 fully saturated rings. The number of hydrogen-bond acceptors (Lipinski definition) is 5. The quantitative estimate of drug-likeness (QED) is 0.823. The highest BCUT2D eigenvalue weighted by Crippen LogP contribution is 2.29. The fraction of sp³-hybridized carbons (Fsp3) is 0.333. The average molecular weight is 244 g/mol. The highest BCUT2D eigenvalue weighted by molar-refractivity contribution is 5.89. The second kappa shape index (κ2) is 4.56. The van der Waals surface area contributed by atoms with Crippen LogP contribution in [0.3, 0.4) is 0 Å². The fourth-order valence-electron chi connectivity index (χ4n) is 1.60. The zero-order chi connectivity index (χ0) is 12.4. The van der Waals surface area contributed by atoms with Crippen LogP contribution >= 0.6 is 0 Å². The van der Waals surface area contributed by atoms with E-state index in [1.54, 1.807) is 24.3 Å². The lowest BCUT2D eigenvalue weighted by Gasteiger charge is -2.03. The van der Waals surface area contributed by atoms with Crippen molar-refractivity contribution in [3.05, 3.63) is 29.8 Å². The molecule has 1 saturated carbocycles. The molecule has 6 nitrogen and oxygen atoms in total. The maximum absolute atomic E-state index is 11.7. The first-order valence-electron chi connectivity index (χ1n) is 5.84. The van der Waals surface area contributed by atoms with E-state index in [0.717, 1.165) is 5.56 Å². The molecule has 0 amide bonds. The molecule has 1 aliphatic rings. The topological polar surface area (TPSA) is 80.8 Å². The summed E-state index contributed by atoms with van der Waals surface area (Å²) < 4.78 is 5.19. The standard InChI is InChI=1S/C12H12N4O2/c17-12(18-7-8-1-2-8)10-5-3-9(4-6-10)11-13-15-16-14-11/h3-6,8H,1-2,7H2,(H,13,14,15,16). The maximum atomic E-state index is 11.7. The smallest absolute Gasteiger partial charge is 0.338 e. The van der Waals surface area contributed by atoms with Crippen molar-refractivity contribution < 1.29 is 9.53 Å². The van der Waals surface area contributed by atoms with E-state index in [0.29, 0.717) is 23.9 Å². The van der Waals surface area contributed by atoms with E-state index in [4.69, 9.17) is 4.74 Å². The molecule has 1 aliphatic carbocycles. The van der Waals surface area contributed by atoms with E-state index in [-0.39, 0.29) is 5.97 Å². The Hall–Kier alpha value is -2.24. The Morgan fingerprint density at radius 2 is 2.11 bits per heavy atom. The van der Waals surface area contributed by atoms with Gasteiger partial charge in [0, 0.05) is 5.56 Å². The van der Waals surface area contributed by atoms with Crippen molar-refractivity contribution in [2.75, 3.05) is 6.61 Å². The highest BCUT2D eigenvalue weighted by atomic mass is 16.5. The van der Waals surface area contributed by atoms with Crippen molar-refractivity contribution in [3.63, 3.8) is 0 Å². The van der Waals surface area contributed by atoms with Crippen LogP contribution in [0, 0.1) is 5.92 Å². The summed E-state index contributed by atoms with van der Waals surface area (Å²) >= 11 is 0. The SMILES string of the molecule is O=C(OCC1CC1)c1ccc(-c2nn[nH]n2)cc1. The molecule has 18 heavy (non-hydrogen) atoms. The van der Waals surface area contributed by atoms with Gasteiger partial charge in [0.1, 0.15) is 0 Å². The highest BCUT2D eigenvalue weighted by Gasteiger charge is 2.23. The van der Waals surface area contributed by atoms with Crippen LogP contribution in [0.2, 0.25) is 0 Å². The minimum Gasteiger partial charge on any atom is -0.462 e. The Morgan fingerprint density at radius 3 is 2.72 bits per heavy atom. The number of hydrogen-bond donors (Lipinski definition) is 1. The minimum atomic E-state index is -0.276. The van der Waals surface area contributed by atoms with Gasteiger partial charge in [-0.3, -0.25) is 0 Å². The normalized spacial score (nSPS) is 14.4. The summed E-state index contributed by atoms with van der Waals surface area (Å²) in [5.74, 6) is 0.807. The van der Waals surface area contributed by atoms with Crippen molar-refractivity contribution in [3.8, 4) is 11.4 Å². The molecule has 1 aromatic carbocycles. The molecule has 1 aromatic heterocycles. The number of carbonyl (C=O) groups is 1. The lowest BCUT2D eigenvalue weighted by molar-refractivity contribution is 0.0486. The Morgan fingerprint density at radius 1 is 1.33 bits per heavy atom. The molecular weight excluding hydrogens is 232 g/mol. The third-order valence-electron chi connectivity index (χ3n) is 2.87. The van der Waals surface area contributed by atoms with Crippen LogP contribution < -0.4 is 0 Å². The monoisotopic (exact) mass is 244 g/mol. The molecule has 0 unspecified atom stereocenters. The second-order valence-electron chi connectivity index (χ2n) is 4.35. The number of esters is 1. The molecule has 92 valence electrons. The first-order chi connectivity index (χ1) is 8.83. The summed E-state index contributed by atoms with van der Waals surface area (Å²) in [5.41, 5.74) is 1.35. The molecule has 0 aliphatic heterocycles. The lowest BCUT2D eigenvalue weighted by atomic mass is 10.1. The number of nitrogens with zero attached hydrogens (tertiary/aromatic N) is 3. The van der Waals surface area contributed by atoms with E-state index in [9.17, 15) is 4.79 Å².